The third kappa shape index (κ3) is 4.35. The van der Waals surface area contributed by atoms with Crippen molar-refractivity contribution in [2.45, 2.75) is 58.7 Å². The number of ether oxygens (including phenoxy) is 1. The van der Waals surface area contributed by atoms with Crippen LogP contribution in [0.5, 0.6) is 0 Å². The first-order valence-corrected chi connectivity index (χ1v) is 9.63. The second-order valence-electron chi connectivity index (χ2n) is 8.33. The van der Waals surface area contributed by atoms with E-state index in [2.05, 4.69) is 5.32 Å². The largest absolute Gasteiger partial charge is 0.444 e. The van der Waals surface area contributed by atoms with E-state index in [0.717, 1.165) is 22.4 Å². The maximum atomic E-state index is 13.4. The van der Waals surface area contributed by atoms with Crippen molar-refractivity contribution in [1.82, 2.24) is 5.32 Å². The molecule has 0 radical (unpaired) electrons. The summed E-state index contributed by atoms with van der Waals surface area (Å²) in [6.07, 6.45) is -0.125. The lowest BCUT2D eigenvalue weighted by atomic mass is 9.93. The molecule has 2 amide bonds. The number of nitrogens with zero attached hydrogens (tertiary/aromatic N) is 1. The van der Waals surface area contributed by atoms with Gasteiger partial charge in [0.2, 0.25) is 0 Å². The fourth-order valence-corrected chi connectivity index (χ4v) is 3.51. The summed E-state index contributed by atoms with van der Waals surface area (Å²) in [5.74, 6) is -0.125. The molecule has 0 fully saturated rings. The Morgan fingerprint density at radius 3 is 2.50 bits per heavy atom. The zero-order chi connectivity index (χ0) is 20.5. The van der Waals surface area contributed by atoms with Crippen LogP contribution < -0.4 is 10.2 Å². The Morgan fingerprint density at radius 2 is 1.86 bits per heavy atom. The van der Waals surface area contributed by atoms with Crippen LogP contribution in [0.1, 0.15) is 50.4 Å². The molecular weight excluding hydrogens is 352 g/mol. The van der Waals surface area contributed by atoms with Crippen LogP contribution in [-0.4, -0.2) is 23.6 Å². The summed E-state index contributed by atoms with van der Waals surface area (Å²) in [6, 6.07) is 15.2. The van der Waals surface area contributed by atoms with E-state index in [1.807, 2.05) is 62.4 Å². The monoisotopic (exact) mass is 380 g/mol. The van der Waals surface area contributed by atoms with Crippen molar-refractivity contribution in [3.8, 4) is 0 Å². The highest BCUT2D eigenvalue weighted by Crippen LogP contribution is 2.35. The smallest absolute Gasteiger partial charge is 0.408 e. The number of carbonyl (C=O) groups is 2. The van der Waals surface area contributed by atoms with Gasteiger partial charge < -0.3 is 15.0 Å². The highest BCUT2D eigenvalue weighted by molar-refractivity contribution is 6.02. The number of carbonyl (C=O) groups excluding carboxylic acids is 2. The van der Waals surface area contributed by atoms with Gasteiger partial charge in [-0.2, -0.15) is 0 Å². The van der Waals surface area contributed by atoms with Gasteiger partial charge in [-0.25, -0.2) is 4.79 Å². The minimum atomic E-state index is -0.656. The van der Waals surface area contributed by atoms with Crippen LogP contribution in [0.4, 0.5) is 10.5 Å². The number of nitrogens with one attached hydrogen (secondary N) is 1. The van der Waals surface area contributed by atoms with E-state index in [4.69, 9.17) is 4.74 Å². The first-order valence-electron chi connectivity index (χ1n) is 9.63. The Hall–Kier alpha value is -2.82. The maximum Gasteiger partial charge on any atom is 0.408 e. The van der Waals surface area contributed by atoms with Gasteiger partial charge in [-0.15, -0.1) is 0 Å². The van der Waals surface area contributed by atoms with Gasteiger partial charge in [-0.3, -0.25) is 4.79 Å². The van der Waals surface area contributed by atoms with E-state index in [0.29, 0.717) is 6.42 Å². The molecular formula is C23H28N2O3. The van der Waals surface area contributed by atoms with Gasteiger partial charge in [-0.05, 0) is 57.4 Å². The fourth-order valence-electron chi connectivity index (χ4n) is 3.51. The number of amides is 2. The van der Waals surface area contributed by atoms with Crippen molar-refractivity contribution < 1.29 is 14.3 Å². The van der Waals surface area contributed by atoms with Crippen LogP contribution in [0.15, 0.2) is 48.5 Å². The second-order valence-corrected chi connectivity index (χ2v) is 8.33. The Bertz CT molecular complexity index is 871. The van der Waals surface area contributed by atoms with E-state index in [9.17, 15) is 9.59 Å². The minimum absolute atomic E-state index is 0.125. The molecule has 0 spiro atoms. The zero-order valence-corrected chi connectivity index (χ0v) is 17.2. The third-order valence-corrected chi connectivity index (χ3v) is 4.82. The number of benzene rings is 2. The van der Waals surface area contributed by atoms with E-state index in [1.165, 1.54) is 0 Å². The van der Waals surface area contributed by atoms with Crippen molar-refractivity contribution in [2.75, 3.05) is 4.90 Å². The van der Waals surface area contributed by atoms with Gasteiger partial charge in [0.15, 0.2) is 0 Å². The topological polar surface area (TPSA) is 58.6 Å². The van der Waals surface area contributed by atoms with Gasteiger partial charge >= 0.3 is 6.09 Å². The molecule has 28 heavy (non-hydrogen) atoms. The van der Waals surface area contributed by atoms with Crippen molar-refractivity contribution in [3.05, 3.63) is 65.2 Å². The Kier molecular flexibility index (Phi) is 5.45. The van der Waals surface area contributed by atoms with Crippen LogP contribution in [0.25, 0.3) is 0 Å². The summed E-state index contributed by atoms with van der Waals surface area (Å²) in [5.41, 5.74) is 3.46. The molecule has 1 aliphatic rings. The van der Waals surface area contributed by atoms with Crippen LogP contribution in [-0.2, 0) is 16.0 Å². The second kappa shape index (κ2) is 7.66. The highest BCUT2D eigenvalue weighted by atomic mass is 16.6. The van der Waals surface area contributed by atoms with Gasteiger partial charge in [-0.1, -0.05) is 42.5 Å². The van der Waals surface area contributed by atoms with Gasteiger partial charge in [0.1, 0.15) is 11.6 Å². The minimum Gasteiger partial charge on any atom is -0.444 e. The number of hydrogen-bond acceptors (Lipinski definition) is 3. The van der Waals surface area contributed by atoms with Gasteiger partial charge in [0, 0.05) is 12.1 Å². The molecule has 1 aliphatic heterocycles. The first kappa shape index (κ1) is 19.9. The van der Waals surface area contributed by atoms with E-state index < -0.39 is 17.7 Å². The van der Waals surface area contributed by atoms with Crippen LogP contribution in [0.2, 0.25) is 0 Å². The maximum absolute atomic E-state index is 13.4. The standard InChI is InChI=1S/C23H28N2O3/c1-15-11-12-18-14-19(24-22(27)28-23(3,4)5)21(26)25(20(18)13-15)16(2)17-9-7-6-8-10-17/h6-13,16,19H,14H2,1-5H3,(H,24,27)/t16-,19+/m0/s1. The number of fused-ring (bicyclic) bond motifs is 1. The normalized spacial score (nSPS) is 17.7. The van der Waals surface area contributed by atoms with Crippen molar-refractivity contribution in [3.63, 3.8) is 0 Å². The first-order chi connectivity index (χ1) is 13.2. The molecule has 0 saturated carbocycles. The van der Waals surface area contributed by atoms with Gasteiger partial charge in [0.05, 0.1) is 6.04 Å². The quantitative estimate of drug-likeness (QED) is 0.850. The Labute approximate surface area is 166 Å². The molecule has 0 unspecified atom stereocenters. The SMILES string of the molecule is Cc1ccc2c(c1)N([C@@H](C)c1ccccc1)C(=O)[C@H](NC(=O)OC(C)(C)C)C2. The summed E-state index contributed by atoms with van der Waals surface area (Å²) in [7, 11) is 0. The summed E-state index contributed by atoms with van der Waals surface area (Å²) in [6.45, 7) is 9.43. The summed E-state index contributed by atoms with van der Waals surface area (Å²) >= 11 is 0. The molecule has 2 aromatic rings. The molecule has 0 aliphatic carbocycles. The summed E-state index contributed by atoms with van der Waals surface area (Å²) < 4.78 is 5.36. The molecule has 0 aromatic heterocycles. The number of hydrogen-bond donors (Lipinski definition) is 1. The van der Waals surface area contributed by atoms with E-state index in [-0.39, 0.29) is 11.9 Å². The number of alkyl carbamates (subject to hydrolysis) is 1. The van der Waals surface area contributed by atoms with Crippen LogP contribution in [0.3, 0.4) is 0 Å². The molecule has 5 nitrogen and oxygen atoms in total. The van der Waals surface area contributed by atoms with Crippen LogP contribution >= 0.6 is 0 Å². The Morgan fingerprint density at radius 1 is 1.18 bits per heavy atom. The Balaban J connectivity index is 1.94. The molecule has 1 N–H and O–H groups in total. The van der Waals surface area contributed by atoms with E-state index in [1.54, 1.807) is 25.7 Å². The number of aryl methyl sites for hydroxylation is 1. The van der Waals surface area contributed by atoms with Gasteiger partial charge in [0.25, 0.3) is 5.91 Å². The number of anilines is 1. The van der Waals surface area contributed by atoms with Crippen molar-refractivity contribution in [1.29, 1.82) is 0 Å². The average Bonchev–Trinajstić information content (AvgIpc) is 2.61. The number of rotatable bonds is 3. The van der Waals surface area contributed by atoms with Crippen LogP contribution in [0, 0.1) is 6.92 Å². The molecule has 5 heteroatoms. The lowest BCUT2D eigenvalue weighted by Gasteiger charge is -2.38. The summed E-state index contributed by atoms with van der Waals surface area (Å²) in [5, 5.41) is 2.76. The zero-order valence-electron chi connectivity index (χ0n) is 17.2. The lowest BCUT2D eigenvalue weighted by Crippen LogP contribution is -2.54. The lowest BCUT2D eigenvalue weighted by molar-refractivity contribution is -0.121. The fraction of sp³-hybridized carbons (Fsp3) is 0.391. The molecule has 3 rings (SSSR count). The van der Waals surface area contributed by atoms with E-state index >= 15 is 0 Å². The molecule has 1 heterocycles. The molecule has 148 valence electrons. The van der Waals surface area contributed by atoms with Crippen molar-refractivity contribution >= 4 is 17.7 Å². The third-order valence-electron chi connectivity index (χ3n) is 4.82. The average molecular weight is 380 g/mol. The molecule has 0 saturated heterocycles. The molecule has 2 aromatic carbocycles. The summed E-state index contributed by atoms with van der Waals surface area (Å²) in [4.78, 5) is 27.4. The highest BCUT2D eigenvalue weighted by Gasteiger charge is 2.37. The predicted octanol–water partition coefficient (Wildman–Crippen LogP) is 4.54. The molecule has 0 bridgehead atoms. The van der Waals surface area contributed by atoms with Crippen molar-refractivity contribution in [2.24, 2.45) is 0 Å². The molecule has 2 atom stereocenters. The predicted molar refractivity (Wildman–Crippen MR) is 110 cm³/mol.